The molecule has 1 fully saturated rings. The van der Waals surface area contributed by atoms with Crippen LogP contribution in [-0.4, -0.2) is 58.5 Å². The Morgan fingerprint density at radius 3 is 2.67 bits per heavy atom. The Labute approximate surface area is 196 Å². The highest BCUT2D eigenvalue weighted by Gasteiger charge is 2.27. The molecule has 8 heteroatoms. The Bertz CT molecular complexity index is 1080. The number of ether oxygens (including phenoxy) is 1. The number of methoxy groups -OCH3 is 1. The van der Waals surface area contributed by atoms with E-state index in [0.29, 0.717) is 31.8 Å². The number of carbonyl (C=O) groups is 1. The van der Waals surface area contributed by atoms with E-state index in [-0.39, 0.29) is 17.2 Å². The second-order valence-electron chi connectivity index (χ2n) is 8.65. The molecule has 2 heterocycles. The standard InChI is InChI=1S/C25H33N3O4S/c1-32-24-11-10-22(33(30,31)28-16-4-5-17-28)19-21(24)9-12-25(29)26-14-6-15-27-18-13-20-7-2-3-8-23(20)27/h2-3,7-8,10-11,19H,4-6,9,12-18H2,1H3,(H,26,29). The molecule has 0 bridgehead atoms. The summed E-state index contributed by atoms with van der Waals surface area (Å²) in [5.74, 6) is 0.572. The van der Waals surface area contributed by atoms with E-state index in [1.165, 1.54) is 15.6 Å². The fourth-order valence-electron chi connectivity index (χ4n) is 4.66. The van der Waals surface area contributed by atoms with Crippen molar-refractivity contribution < 1.29 is 17.9 Å². The monoisotopic (exact) mass is 471 g/mol. The van der Waals surface area contributed by atoms with Gasteiger partial charge in [0.2, 0.25) is 15.9 Å². The number of aryl methyl sites for hydroxylation is 1. The third-order valence-electron chi connectivity index (χ3n) is 6.49. The van der Waals surface area contributed by atoms with Crippen LogP contribution in [0.5, 0.6) is 5.75 Å². The summed E-state index contributed by atoms with van der Waals surface area (Å²) in [6.07, 6.45) is 4.47. The first-order valence-electron chi connectivity index (χ1n) is 11.8. The lowest BCUT2D eigenvalue weighted by Gasteiger charge is -2.19. The summed E-state index contributed by atoms with van der Waals surface area (Å²) in [5, 5.41) is 3.00. The van der Waals surface area contributed by atoms with Gasteiger partial charge in [0.25, 0.3) is 0 Å². The van der Waals surface area contributed by atoms with Crippen LogP contribution in [0.15, 0.2) is 47.4 Å². The van der Waals surface area contributed by atoms with E-state index < -0.39 is 10.0 Å². The Morgan fingerprint density at radius 1 is 1.09 bits per heavy atom. The van der Waals surface area contributed by atoms with Crippen LogP contribution in [0.25, 0.3) is 0 Å². The molecule has 0 atom stereocenters. The summed E-state index contributed by atoms with van der Waals surface area (Å²) < 4.78 is 32.7. The average Bonchev–Trinajstić information content (AvgIpc) is 3.51. The topological polar surface area (TPSA) is 79.0 Å². The number of carbonyl (C=O) groups excluding carboxylic acids is 1. The average molecular weight is 472 g/mol. The van der Waals surface area contributed by atoms with Crippen molar-refractivity contribution in [3.8, 4) is 5.75 Å². The molecule has 0 saturated carbocycles. The van der Waals surface area contributed by atoms with Gasteiger partial charge in [-0.3, -0.25) is 4.79 Å². The van der Waals surface area contributed by atoms with E-state index in [9.17, 15) is 13.2 Å². The van der Waals surface area contributed by atoms with Crippen LogP contribution in [0.3, 0.4) is 0 Å². The molecular weight excluding hydrogens is 438 g/mol. The number of sulfonamides is 1. The molecule has 1 N–H and O–H groups in total. The number of rotatable bonds is 10. The molecule has 2 aliphatic heterocycles. The summed E-state index contributed by atoms with van der Waals surface area (Å²) in [4.78, 5) is 15.1. The quantitative estimate of drug-likeness (QED) is 0.539. The molecule has 1 saturated heterocycles. The summed E-state index contributed by atoms with van der Waals surface area (Å²) in [7, 11) is -1.94. The van der Waals surface area contributed by atoms with Gasteiger partial charge in [-0.2, -0.15) is 4.31 Å². The van der Waals surface area contributed by atoms with Crippen LogP contribution in [0.1, 0.15) is 36.8 Å². The van der Waals surface area contributed by atoms with Crippen molar-refractivity contribution in [2.24, 2.45) is 0 Å². The molecular formula is C25H33N3O4S. The molecule has 178 valence electrons. The van der Waals surface area contributed by atoms with Crippen molar-refractivity contribution in [3.05, 3.63) is 53.6 Å². The first kappa shape index (κ1) is 23.6. The lowest BCUT2D eigenvalue weighted by Crippen LogP contribution is -2.29. The number of nitrogens with one attached hydrogen (secondary N) is 1. The SMILES string of the molecule is COc1ccc(S(=O)(=O)N2CCCC2)cc1CCC(=O)NCCCN1CCc2ccccc21. The summed E-state index contributed by atoms with van der Waals surface area (Å²) in [6, 6.07) is 13.4. The highest BCUT2D eigenvalue weighted by atomic mass is 32.2. The van der Waals surface area contributed by atoms with Gasteiger partial charge in [-0.05, 0) is 67.5 Å². The highest BCUT2D eigenvalue weighted by Crippen LogP contribution is 2.28. The maximum atomic E-state index is 12.9. The van der Waals surface area contributed by atoms with Gasteiger partial charge >= 0.3 is 0 Å². The van der Waals surface area contributed by atoms with E-state index in [4.69, 9.17) is 4.74 Å². The Balaban J connectivity index is 1.27. The van der Waals surface area contributed by atoms with Gasteiger partial charge in [-0.25, -0.2) is 8.42 Å². The van der Waals surface area contributed by atoms with Gasteiger partial charge in [0, 0.05) is 44.8 Å². The number of hydrogen-bond donors (Lipinski definition) is 1. The van der Waals surface area contributed by atoms with Gasteiger partial charge in [0.1, 0.15) is 5.75 Å². The van der Waals surface area contributed by atoms with Crippen molar-refractivity contribution in [2.45, 2.75) is 43.4 Å². The zero-order valence-corrected chi connectivity index (χ0v) is 20.1. The Morgan fingerprint density at radius 2 is 1.88 bits per heavy atom. The van der Waals surface area contributed by atoms with Gasteiger partial charge in [-0.1, -0.05) is 18.2 Å². The zero-order valence-electron chi connectivity index (χ0n) is 19.3. The number of fused-ring (bicyclic) bond motifs is 1. The minimum atomic E-state index is -3.50. The van der Waals surface area contributed by atoms with E-state index in [2.05, 4.69) is 34.5 Å². The molecule has 7 nitrogen and oxygen atoms in total. The number of anilines is 1. The van der Waals surface area contributed by atoms with E-state index in [1.807, 2.05) is 0 Å². The molecule has 0 radical (unpaired) electrons. The molecule has 0 spiro atoms. The van der Waals surface area contributed by atoms with Crippen LogP contribution < -0.4 is 15.0 Å². The van der Waals surface area contributed by atoms with E-state index in [0.717, 1.165) is 44.3 Å². The van der Waals surface area contributed by atoms with Crippen LogP contribution >= 0.6 is 0 Å². The predicted molar refractivity (Wildman–Crippen MR) is 129 cm³/mol. The fourth-order valence-corrected chi connectivity index (χ4v) is 6.23. The third kappa shape index (κ3) is 5.50. The minimum absolute atomic E-state index is 0.0355. The van der Waals surface area contributed by atoms with E-state index in [1.54, 1.807) is 25.3 Å². The molecule has 0 aliphatic carbocycles. The van der Waals surface area contributed by atoms with Gasteiger partial charge in [0.15, 0.2) is 0 Å². The molecule has 2 aromatic rings. The van der Waals surface area contributed by atoms with Crippen molar-refractivity contribution in [2.75, 3.05) is 44.7 Å². The fraction of sp³-hybridized carbons (Fsp3) is 0.480. The van der Waals surface area contributed by atoms with Crippen LogP contribution in [0, 0.1) is 0 Å². The first-order chi connectivity index (χ1) is 16.0. The smallest absolute Gasteiger partial charge is 0.243 e. The van der Waals surface area contributed by atoms with Crippen molar-refractivity contribution in [3.63, 3.8) is 0 Å². The van der Waals surface area contributed by atoms with Gasteiger partial charge < -0.3 is 15.0 Å². The number of nitrogens with zero attached hydrogens (tertiary/aromatic N) is 2. The number of hydrogen-bond acceptors (Lipinski definition) is 5. The number of amides is 1. The normalized spacial score (nSPS) is 16.1. The molecule has 4 rings (SSSR count). The van der Waals surface area contributed by atoms with Crippen LogP contribution in [0.2, 0.25) is 0 Å². The molecule has 2 aliphatic rings. The number of benzene rings is 2. The largest absolute Gasteiger partial charge is 0.496 e. The van der Waals surface area contributed by atoms with Crippen molar-refractivity contribution in [1.82, 2.24) is 9.62 Å². The molecule has 33 heavy (non-hydrogen) atoms. The predicted octanol–water partition coefficient (Wildman–Crippen LogP) is 2.98. The van der Waals surface area contributed by atoms with Crippen molar-refractivity contribution in [1.29, 1.82) is 0 Å². The summed E-state index contributed by atoms with van der Waals surface area (Å²) in [6.45, 7) is 3.70. The zero-order chi connectivity index (χ0) is 23.3. The second kappa shape index (κ2) is 10.6. The van der Waals surface area contributed by atoms with Crippen molar-refractivity contribution >= 4 is 21.6 Å². The summed E-state index contributed by atoms with van der Waals surface area (Å²) in [5.41, 5.74) is 3.44. The Hall–Kier alpha value is -2.58. The van der Waals surface area contributed by atoms with Gasteiger partial charge in [-0.15, -0.1) is 0 Å². The lowest BCUT2D eigenvalue weighted by atomic mass is 10.1. The maximum absolute atomic E-state index is 12.9. The molecule has 2 aromatic carbocycles. The maximum Gasteiger partial charge on any atom is 0.243 e. The van der Waals surface area contributed by atoms with Crippen LogP contribution in [-0.2, 0) is 27.7 Å². The molecule has 1 amide bonds. The van der Waals surface area contributed by atoms with Crippen LogP contribution in [0.4, 0.5) is 5.69 Å². The summed E-state index contributed by atoms with van der Waals surface area (Å²) >= 11 is 0. The third-order valence-corrected chi connectivity index (χ3v) is 8.38. The highest BCUT2D eigenvalue weighted by molar-refractivity contribution is 7.89. The lowest BCUT2D eigenvalue weighted by molar-refractivity contribution is -0.121. The minimum Gasteiger partial charge on any atom is -0.496 e. The molecule has 0 aromatic heterocycles. The van der Waals surface area contributed by atoms with E-state index >= 15 is 0 Å². The first-order valence-corrected chi connectivity index (χ1v) is 13.2. The number of para-hydroxylation sites is 1. The Kier molecular flexibility index (Phi) is 7.55. The molecule has 0 unspecified atom stereocenters. The second-order valence-corrected chi connectivity index (χ2v) is 10.6. The van der Waals surface area contributed by atoms with Gasteiger partial charge in [0.05, 0.1) is 12.0 Å².